The Morgan fingerprint density at radius 1 is 1.44 bits per heavy atom. The van der Waals surface area contributed by atoms with E-state index in [1.54, 1.807) is 0 Å². The summed E-state index contributed by atoms with van der Waals surface area (Å²) in [5.41, 5.74) is 1.16. The minimum absolute atomic E-state index is 0.0395. The molecule has 86 valence electrons. The Labute approximate surface area is 95.8 Å². The molecule has 1 aromatic carbocycles. The van der Waals surface area contributed by atoms with Crippen molar-refractivity contribution in [2.75, 3.05) is 13.2 Å². The fourth-order valence-corrected chi connectivity index (χ4v) is 2.22. The van der Waals surface area contributed by atoms with E-state index in [1.165, 1.54) is 0 Å². The summed E-state index contributed by atoms with van der Waals surface area (Å²) < 4.78 is 5.10. The summed E-state index contributed by atoms with van der Waals surface area (Å²) in [5.74, 6) is -0.122. The Balaban J connectivity index is 2.12. The van der Waals surface area contributed by atoms with E-state index in [-0.39, 0.29) is 17.9 Å². The first-order valence-electron chi connectivity index (χ1n) is 5.78. The molecule has 1 N–H and O–H groups in total. The number of benzene rings is 1. The molecule has 2 unspecified atom stereocenters. The minimum Gasteiger partial charge on any atom is -0.466 e. The lowest BCUT2D eigenvalue weighted by Crippen LogP contribution is -2.25. The topological polar surface area (TPSA) is 38.3 Å². The van der Waals surface area contributed by atoms with Gasteiger partial charge in [-0.3, -0.25) is 4.79 Å². The van der Waals surface area contributed by atoms with Gasteiger partial charge >= 0.3 is 5.97 Å². The van der Waals surface area contributed by atoms with Crippen molar-refractivity contribution in [1.82, 2.24) is 5.32 Å². The van der Waals surface area contributed by atoms with Crippen LogP contribution in [0.15, 0.2) is 30.3 Å². The molecule has 0 aromatic heterocycles. The van der Waals surface area contributed by atoms with E-state index in [4.69, 9.17) is 4.74 Å². The summed E-state index contributed by atoms with van der Waals surface area (Å²) in [6.45, 7) is 3.18. The van der Waals surface area contributed by atoms with Gasteiger partial charge in [-0.15, -0.1) is 0 Å². The molecule has 1 aromatic rings. The third-order valence-electron chi connectivity index (χ3n) is 2.97. The van der Waals surface area contributed by atoms with E-state index in [0.717, 1.165) is 18.5 Å². The van der Waals surface area contributed by atoms with E-state index < -0.39 is 0 Å². The summed E-state index contributed by atoms with van der Waals surface area (Å²) in [6, 6.07) is 10.2. The van der Waals surface area contributed by atoms with Crippen LogP contribution in [0.25, 0.3) is 0 Å². The molecule has 1 fully saturated rings. The fourth-order valence-electron chi connectivity index (χ4n) is 2.22. The quantitative estimate of drug-likeness (QED) is 0.789. The number of ether oxygens (including phenoxy) is 1. The molecule has 3 heteroatoms. The van der Waals surface area contributed by atoms with Gasteiger partial charge in [-0.1, -0.05) is 30.3 Å². The maximum Gasteiger partial charge on any atom is 0.310 e. The maximum atomic E-state index is 11.8. The van der Waals surface area contributed by atoms with Crippen LogP contribution < -0.4 is 5.32 Å². The van der Waals surface area contributed by atoms with E-state index >= 15 is 0 Å². The number of nitrogens with one attached hydrogen (secondary N) is 1. The van der Waals surface area contributed by atoms with Gasteiger partial charge in [-0.25, -0.2) is 0 Å². The van der Waals surface area contributed by atoms with Crippen LogP contribution in [0.1, 0.15) is 24.9 Å². The van der Waals surface area contributed by atoms with Crippen molar-refractivity contribution in [3.05, 3.63) is 35.9 Å². The largest absolute Gasteiger partial charge is 0.466 e. The van der Waals surface area contributed by atoms with E-state index in [2.05, 4.69) is 17.4 Å². The molecule has 2 atom stereocenters. The zero-order chi connectivity index (χ0) is 11.4. The van der Waals surface area contributed by atoms with Crippen LogP contribution in [0.5, 0.6) is 0 Å². The highest BCUT2D eigenvalue weighted by molar-refractivity contribution is 5.74. The molecular formula is C13H17NO2. The number of carbonyl (C=O) groups excluding carboxylic acids is 1. The van der Waals surface area contributed by atoms with Crippen LogP contribution >= 0.6 is 0 Å². The number of hydrogen-bond donors (Lipinski definition) is 1. The second-order valence-corrected chi connectivity index (χ2v) is 3.99. The lowest BCUT2D eigenvalue weighted by Gasteiger charge is -2.18. The van der Waals surface area contributed by atoms with Crippen molar-refractivity contribution in [3.63, 3.8) is 0 Å². The Morgan fingerprint density at radius 2 is 2.19 bits per heavy atom. The molecule has 16 heavy (non-hydrogen) atoms. The second-order valence-electron chi connectivity index (χ2n) is 3.99. The average molecular weight is 219 g/mol. The van der Waals surface area contributed by atoms with Gasteiger partial charge in [0, 0.05) is 6.04 Å². The molecule has 1 saturated heterocycles. The first-order valence-corrected chi connectivity index (χ1v) is 5.78. The van der Waals surface area contributed by atoms with Crippen LogP contribution in [0.2, 0.25) is 0 Å². The predicted octanol–water partition coefficient (Wildman–Crippen LogP) is 1.90. The highest BCUT2D eigenvalue weighted by Gasteiger charge is 2.34. The van der Waals surface area contributed by atoms with E-state index in [9.17, 15) is 4.79 Å². The van der Waals surface area contributed by atoms with Gasteiger partial charge in [0.1, 0.15) is 0 Å². The third-order valence-corrected chi connectivity index (χ3v) is 2.97. The van der Waals surface area contributed by atoms with E-state index in [0.29, 0.717) is 6.61 Å². The van der Waals surface area contributed by atoms with Gasteiger partial charge in [0.05, 0.1) is 12.5 Å². The molecule has 0 amide bonds. The van der Waals surface area contributed by atoms with Crippen LogP contribution in [-0.2, 0) is 9.53 Å². The molecule has 0 aliphatic carbocycles. The van der Waals surface area contributed by atoms with Crippen molar-refractivity contribution >= 4 is 5.97 Å². The van der Waals surface area contributed by atoms with Crippen molar-refractivity contribution in [1.29, 1.82) is 0 Å². The molecule has 0 bridgehead atoms. The van der Waals surface area contributed by atoms with Crippen molar-refractivity contribution in [3.8, 4) is 0 Å². The number of carbonyl (C=O) groups is 1. The summed E-state index contributed by atoms with van der Waals surface area (Å²) in [5, 5.41) is 3.36. The molecule has 2 rings (SSSR count). The maximum absolute atomic E-state index is 11.8. The zero-order valence-electron chi connectivity index (χ0n) is 9.48. The van der Waals surface area contributed by atoms with Gasteiger partial charge < -0.3 is 10.1 Å². The summed E-state index contributed by atoms with van der Waals surface area (Å²) in [7, 11) is 0. The highest BCUT2D eigenvalue weighted by atomic mass is 16.5. The molecule has 0 spiro atoms. The summed E-state index contributed by atoms with van der Waals surface area (Å²) in [4.78, 5) is 11.8. The van der Waals surface area contributed by atoms with Gasteiger partial charge in [0.15, 0.2) is 0 Å². The predicted molar refractivity (Wildman–Crippen MR) is 61.9 cm³/mol. The molecule has 0 saturated carbocycles. The number of esters is 1. The average Bonchev–Trinajstić information content (AvgIpc) is 2.79. The summed E-state index contributed by atoms with van der Waals surface area (Å²) in [6.07, 6.45) is 0.860. The molecule has 1 aliphatic heterocycles. The van der Waals surface area contributed by atoms with Crippen molar-refractivity contribution in [2.24, 2.45) is 5.92 Å². The molecule has 3 nitrogen and oxygen atoms in total. The Kier molecular flexibility index (Phi) is 3.57. The van der Waals surface area contributed by atoms with Crippen LogP contribution in [-0.4, -0.2) is 19.1 Å². The fraction of sp³-hybridized carbons (Fsp3) is 0.462. The Bertz CT molecular complexity index is 350. The monoisotopic (exact) mass is 219 g/mol. The van der Waals surface area contributed by atoms with Gasteiger partial charge in [0.2, 0.25) is 0 Å². The third kappa shape index (κ3) is 2.25. The normalized spacial score (nSPS) is 24.3. The smallest absolute Gasteiger partial charge is 0.310 e. The molecule has 0 radical (unpaired) electrons. The Hall–Kier alpha value is -1.35. The van der Waals surface area contributed by atoms with Gasteiger partial charge in [-0.2, -0.15) is 0 Å². The van der Waals surface area contributed by atoms with Crippen LogP contribution in [0.4, 0.5) is 0 Å². The van der Waals surface area contributed by atoms with Crippen molar-refractivity contribution in [2.45, 2.75) is 19.4 Å². The Morgan fingerprint density at radius 3 is 2.88 bits per heavy atom. The minimum atomic E-state index is -0.0821. The van der Waals surface area contributed by atoms with Gasteiger partial charge in [-0.05, 0) is 25.5 Å². The molecule has 1 heterocycles. The SMILES string of the molecule is CCOC(=O)C1CCNC1c1ccccc1. The standard InChI is InChI=1S/C13H17NO2/c1-2-16-13(15)11-8-9-14-12(11)10-6-4-3-5-7-10/h3-7,11-12,14H,2,8-9H2,1H3. The summed E-state index contributed by atoms with van der Waals surface area (Å²) >= 11 is 0. The highest BCUT2D eigenvalue weighted by Crippen LogP contribution is 2.30. The van der Waals surface area contributed by atoms with Crippen LogP contribution in [0.3, 0.4) is 0 Å². The first-order chi connectivity index (χ1) is 7.83. The van der Waals surface area contributed by atoms with Crippen LogP contribution in [0, 0.1) is 5.92 Å². The first kappa shape index (κ1) is 11.1. The molecular weight excluding hydrogens is 202 g/mol. The number of hydrogen-bond acceptors (Lipinski definition) is 3. The van der Waals surface area contributed by atoms with E-state index in [1.807, 2.05) is 25.1 Å². The molecule has 1 aliphatic rings. The number of rotatable bonds is 3. The zero-order valence-corrected chi connectivity index (χ0v) is 9.48. The van der Waals surface area contributed by atoms with Gasteiger partial charge in [0.25, 0.3) is 0 Å². The lowest BCUT2D eigenvalue weighted by molar-refractivity contribution is -0.148. The van der Waals surface area contributed by atoms with Crippen molar-refractivity contribution < 1.29 is 9.53 Å². The second kappa shape index (κ2) is 5.12. The lowest BCUT2D eigenvalue weighted by atomic mass is 9.94.